The smallest absolute Gasteiger partial charge is 0.326 e. The zero-order valence-corrected chi connectivity index (χ0v) is 15.9. The lowest BCUT2D eigenvalue weighted by Crippen LogP contribution is -2.63. The van der Waals surface area contributed by atoms with E-state index < -0.39 is 22.7 Å². The molecule has 0 aliphatic carbocycles. The average molecular weight is 384 g/mol. The van der Waals surface area contributed by atoms with Crippen LogP contribution < -0.4 is 5.32 Å². The van der Waals surface area contributed by atoms with Gasteiger partial charge in [-0.1, -0.05) is 24.0 Å². The van der Waals surface area contributed by atoms with Gasteiger partial charge in [-0.3, -0.25) is 19.3 Å². The third-order valence-corrected chi connectivity index (χ3v) is 5.22. The highest BCUT2D eigenvalue weighted by molar-refractivity contribution is 8.24. The van der Waals surface area contributed by atoms with Crippen LogP contribution in [0, 0.1) is 0 Å². The third kappa shape index (κ3) is 4.82. The van der Waals surface area contributed by atoms with Crippen molar-refractivity contribution in [2.24, 2.45) is 0 Å². The zero-order valence-electron chi connectivity index (χ0n) is 14.2. The maximum atomic E-state index is 12.8. The maximum absolute atomic E-state index is 12.8. The van der Waals surface area contributed by atoms with Crippen molar-refractivity contribution in [3.8, 4) is 0 Å². The van der Waals surface area contributed by atoms with Crippen LogP contribution in [0.25, 0.3) is 0 Å². The maximum Gasteiger partial charge on any atom is 0.326 e. The molecule has 1 atom stereocenters. The lowest BCUT2D eigenvalue weighted by Gasteiger charge is -2.42. The van der Waals surface area contributed by atoms with Crippen molar-refractivity contribution in [1.29, 1.82) is 0 Å². The van der Waals surface area contributed by atoms with E-state index >= 15 is 0 Å². The first-order valence-corrected chi connectivity index (χ1v) is 8.98. The number of ether oxygens (including phenoxy) is 1. The van der Waals surface area contributed by atoms with E-state index in [1.54, 1.807) is 19.1 Å². The lowest BCUT2D eigenvalue weighted by molar-refractivity contribution is -0.147. The lowest BCUT2D eigenvalue weighted by atomic mass is 10.0. The number of nitrogens with zero attached hydrogens (tertiary/aromatic N) is 1. The number of thioether (sulfide) groups is 1. The molecule has 1 N–H and O–H groups in total. The summed E-state index contributed by atoms with van der Waals surface area (Å²) in [7, 11) is 0. The Balaban J connectivity index is 2.10. The van der Waals surface area contributed by atoms with Crippen LogP contribution in [0.2, 0.25) is 0 Å². The summed E-state index contributed by atoms with van der Waals surface area (Å²) in [4.78, 5) is 38.0. The standard InChI is InChI=1S/C16H20N2O5S2/c1-4-22-12(20)9-18-14(21)13(16(2,3)25-15(18)24)17-11(19)8-10-6-5-7-23-10/h5-7,13H,4,8-9H2,1-3H3,(H,17,19). The van der Waals surface area contributed by atoms with Gasteiger partial charge >= 0.3 is 5.97 Å². The van der Waals surface area contributed by atoms with Crippen molar-refractivity contribution in [3.63, 3.8) is 0 Å². The predicted octanol–water partition coefficient (Wildman–Crippen LogP) is 1.51. The van der Waals surface area contributed by atoms with Gasteiger partial charge in [0.15, 0.2) is 0 Å². The van der Waals surface area contributed by atoms with E-state index in [0.29, 0.717) is 10.1 Å². The summed E-state index contributed by atoms with van der Waals surface area (Å²) in [5.41, 5.74) is 0. The molecule has 1 saturated heterocycles. The fourth-order valence-electron chi connectivity index (χ4n) is 2.38. The van der Waals surface area contributed by atoms with Gasteiger partial charge in [0.05, 0.1) is 19.3 Å². The Morgan fingerprint density at radius 2 is 2.20 bits per heavy atom. The molecule has 1 aliphatic rings. The molecule has 1 aromatic heterocycles. The number of hydrogen-bond acceptors (Lipinski definition) is 7. The molecule has 136 valence electrons. The molecular formula is C16H20N2O5S2. The summed E-state index contributed by atoms with van der Waals surface area (Å²) in [5.74, 6) is -0.801. The molecule has 25 heavy (non-hydrogen) atoms. The molecule has 2 amide bonds. The largest absolute Gasteiger partial charge is 0.469 e. The van der Waals surface area contributed by atoms with Crippen molar-refractivity contribution < 1.29 is 23.5 Å². The Bertz CT molecular complexity index is 672. The first-order chi connectivity index (χ1) is 11.7. The normalized spacial score (nSPS) is 19.6. The van der Waals surface area contributed by atoms with Gasteiger partial charge in [0.1, 0.15) is 22.7 Å². The number of furan rings is 1. The molecule has 0 aromatic carbocycles. The number of carbonyl (C=O) groups is 3. The molecule has 1 aromatic rings. The predicted molar refractivity (Wildman–Crippen MR) is 97.0 cm³/mol. The van der Waals surface area contributed by atoms with Gasteiger partial charge in [0, 0.05) is 4.75 Å². The topological polar surface area (TPSA) is 88.9 Å². The van der Waals surface area contributed by atoms with Crippen LogP contribution >= 0.6 is 24.0 Å². The zero-order chi connectivity index (χ0) is 18.6. The fourth-order valence-corrected chi connectivity index (χ4v) is 4.17. The second-order valence-corrected chi connectivity index (χ2v) is 8.25. The number of thiocarbonyl (C=S) groups is 1. The van der Waals surface area contributed by atoms with E-state index in [1.807, 2.05) is 13.8 Å². The molecule has 2 rings (SSSR count). The molecular weight excluding hydrogens is 364 g/mol. The van der Waals surface area contributed by atoms with Gasteiger partial charge in [-0.05, 0) is 32.9 Å². The summed E-state index contributed by atoms with van der Waals surface area (Å²) < 4.78 is 9.68. The highest BCUT2D eigenvalue weighted by Crippen LogP contribution is 2.36. The summed E-state index contributed by atoms with van der Waals surface area (Å²) >= 11 is 6.51. The van der Waals surface area contributed by atoms with Crippen molar-refractivity contribution >= 4 is 46.1 Å². The van der Waals surface area contributed by atoms with Crippen LogP contribution in [0.3, 0.4) is 0 Å². The second kappa shape index (κ2) is 8.01. The molecule has 9 heteroatoms. The molecule has 0 saturated carbocycles. The highest BCUT2D eigenvalue weighted by Gasteiger charge is 2.47. The summed E-state index contributed by atoms with van der Waals surface area (Å²) in [6.45, 7) is 5.28. The minimum Gasteiger partial charge on any atom is -0.469 e. The van der Waals surface area contributed by atoms with E-state index in [1.165, 1.54) is 22.9 Å². The van der Waals surface area contributed by atoms with Crippen LogP contribution in [0.15, 0.2) is 22.8 Å². The SMILES string of the molecule is CCOC(=O)CN1C(=O)C(NC(=O)Cc2ccco2)C(C)(C)SC1=S. The van der Waals surface area contributed by atoms with Gasteiger partial charge in [-0.25, -0.2) is 0 Å². The molecule has 1 fully saturated rings. The average Bonchev–Trinajstić information content (AvgIpc) is 3.01. The number of hydrogen-bond donors (Lipinski definition) is 1. The van der Waals surface area contributed by atoms with Crippen molar-refractivity contribution in [2.45, 2.75) is 38.0 Å². The van der Waals surface area contributed by atoms with E-state index in [0.717, 1.165) is 0 Å². The molecule has 1 aliphatic heterocycles. The summed E-state index contributed by atoms with van der Waals surface area (Å²) in [6.07, 6.45) is 1.51. The van der Waals surface area contributed by atoms with E-state index in [2.05, 4.69) is 5.32 Å². The molecule has 1 unspecified atom stereocenters. The molecule has 2 heterocycles. The Morgan fingerprint density at radius 1 is 1.48 bits per heavy atom. The van der Waals surface area contributed by atoms with Crippen LogP contribution in [0.5, 0.6) is 0 Å². The van der Waals surface area contributed by atoms with Crippen molar-refractivity contribution in [2.75, 3.05) is 13.2 Å². The van der Waals surface area contributed by atoms with E-state index in [-0.39, 0.29) is 25.5 Å². The number of esters is 1. The highest BCUT2D eigenvalue weighted by atomic mass is 32.2. The number of carbonyl (C=O) groups excluding carboxylic acids is 3. The second-order valence-electron chi connectivity index (χ2n) is 5.96. The van der Waals surface area contributed by atoms with Crippen molar-refractivity contribution in [1.82, 2.24) is 10.2 Å². The van der Waals surface area contributed by atoms with Crippen LogP contribution in [0.1, 0.15) is 26.5 Å². The Hall–Kier alpha value is -1.87. The number of rotatable bonds is 6. The fraction of sp³-hybridized carbons (Fsp3) is 0.500. The quantitative estimate of drug-likeness (QED) is 0.587. The molecule has 7 nitrogen and oxygen atoms in total. The molecule has 0 spiro atoms. The third-order valence-electron chi connectivity index (χ3n) is 3.59. The van der Waals surface area contributed by atoms with Crippen LogP contribution in [0.4, 0.5) is 0 Å². The van der Waals surface area contributed by atoms with Gasteiger partial charge in [-0.2, -0.15) is 0 Å². The summed E-state index contributed by atoms with van der Waals surface area (Å²) in [5, 5.41) is 2.73. The summed E-state index contributed by atoms with van der Waals surface area (Å²) in [6, 6.07) is 2.55. The molecule has 0 bridgehead atoms. The Morgan fingerprint density at radius 3 is 2.80 bits per heavy atom. The number of amides is 2. The van der Waals surface area contributed by atoms with Crippen LogP contribution in [-0.2, 0) is 25.5 Å². The Labute approximate surface area is 155 Å². The Kier molecular flexibility index (Phi) is 6.23. The minimum atomic E-state index is -0.818. The molecule has 0 radical (unpaired) electrons. The van der Waals surface area contributed by atoms with Gasteiger partial charge in [-0.15, -0.1) is 0 Å². The van der Waals surface area contributed by atoms with Crippen molar-refractivity contribution in [3.05, 3.63) is 24.2 Å². The minimum absolute atomic E-state index is 0.0276. The van der Waals surface area contributed by atoms with Gasteiger partial charge in [0.25, 0.3) is 5.91 Å². The van der Waals surface area contributed by atoms with Gasteiger partial charge in [0.2, 0.25) is 5.91 Å². The number of nitrogens with one attached hydrogen (secondary N) is 1. The van der Waals surface area contributed by atoms with E-state index in [4.69, 9.17) is 21.4 Å². The first kappa shape index (κ1) is 19.5. The van der Waals surface area contributed by atoms with Gasteiger partial charge < -0.3 is 14.5 Å². The first-order valence-electron chi connectivity index (χ1n) is 7.76. The monoisotopic (exact) mass is 384 g/mol. The van der Waals surface area contributed by atoms with E-state index in [9.17, 15) is 14.4 Å². The van der Waals surface area contributed by atoms with Crippen LogP contribution in [-0.4, -0.2) is 50.9 Å².